The van der Waals surface area contributed by atoms with E-state index in [0.717, 1.165) is 25.5 Å². The van der Waals surface area contributed by atoms with Crippen molar-refractivity contribution in [2.45, 2.75) is 25.3 Å². The zero-order valence-corrected chi connectivity index (χ0v) is 10.7. The van der Waals surface area contributed by atoms with Gasteiger partial charge in [-0.25, -0.2) is 9.97 Å². The Morgan fingerprint density at radius 2 is 2.22 bits per heavy atom. The number of hydrogen-bond acceptors (Lipinski definition) is 3. The number of rotatable bonds is 3. The maximum Gasteiger partial charge on any atom is 0.128 e. The van der Waals surface area contributed by atoms with Crippen molar-refractivity contribution in [1.29, 1.82) is 0 Å². The van der Waals surface area contributed by atoms with Crippen LogP contribution >= 0.6 is 0 Å². The fraction of sp³-hybridized carbons (Fsp3) is 0.538. The first kappa shape index (κ1) is 11.5. The van der Waals surface area contributed by atoms with Crippen molar-refractivity contribution >= 4 is 0 Å². The van der Waals surface area contributed by atoms with E-state index in [0.29, 0.717) is 5.92 Å². The SMILES string of the molecule is Cn1ccnc1Cn1cncc1C1CCNCC1. The molecule has 3 rings (SSSR count). The predicted octanol–water partition coefficient (Wildman–Crippen LogP) is 1.13. The summed E-state index contributed by atoms with van der Waals surface area (Å²) >= 11 is 0. The molecule has 0 saturated carbocycles. The van der Waals surface area contributed by atoms with Crippen molar-refractivity contribution in [3.05, 3.63) is 36.4 Å². The Balaban J connectivity index is 1.80. The van der Waals surface area contributed by atoms with Crippen molar-refractivity contribution in [2.24, 2.45) is 7.05 Å². The molecule has 0 spiro atoms. The van der Waals surface area contributed by atoms with E-state index in [-0.39, 0.29) is 0 Å². The third-order valence-electron chi connectivity index (χ3n) is 3.73. The van der Waals surface area contributed by atoms with Gasteiger partial charge in [-0.2, -0.15) is 0 Å². The van der Waals surface area contributed by atoms with Crippen molar-refractivity contribution < 1.29 is 0 Å². The Labute approximate surface area is 107 Å². The largest absolute Gasteiger partial charge is 0.337 e. The van der Waals surface area contributed by atoms with Crippen LogP contribution in [0.1, 0.15) is 30.3 Å². The van der Waals surface area contributed by atoms with Gasteiger partial charge >= 0.3 is 0 Å². The van der Waals surface area contributed by atoms with Gasteiger partial charge in [-0.15, -0.1) is 0 Å². The molecule has 0 bridgehead atoms. The topological polar surface area (TPSA) is 47.7 Å². The second-order valence-corrected chi connectivity index (χ2v) is 4.93. The Morgan fingerprint density at radius 3 is 2.94 bits per heavy atom. The van der Waals surface area contributed by atoms with Crippen LogP contribution in [0.25, 0.3) is 0 Å². The minimum Gasteiger partial charge on any atom is -0.337 e. The van der Waals surface area contributed by atoms with Gasteiger partial charge in [-0.3, -0.25) is 0 Å². The second-order valence-electron chi connectivity index (χ2n) is 4.93. The lowest BCUT2D eigenvalue weighted by atomic mass is 9.95. The van der Waals surface area contributed by atoms with Crippen LogP contribution in [0.5, 0.6) is 0 Å². The molecule has 0 unspecified atom stereocenters. The molecule has 2 aromatic heterocycles. The standard InChI is InChI=1S/C13H19N5/c1-17-7-6-16-13(17)9-18-10-15-8-12(18)11-2-4-14-5-3-11/h6-8,10-11,14H,2-5,9H2,1H3. The summed E-state index contributed by atoms with van der Waals surface area (Å²) in [5, 5.41) is 3.40. The fourth-order valence-corrected chi connectivity index (χ4v) is 2.62. The van der Waals surface area contributed by atoms with E-state index < -0.39 is 0 Å². The summed E-state index contributed by atoms with van der Waals surface area (Å²) in [5.41, 5.74) is 1.35. The van der Waals surface area contributed by atoms with Crippen LogP contribution in [-0.4, -0.2) is 32.2 Å². The highest BCUT2D eigenvalue weighted by atomic mass is 15.1. The van der Waals surface area contributed by atoms with E-state index in [2.05, 4.69) is 24.4 Å². The van der Waals surface area contributed by atoms with Gasteiger partial charge in [-0.1, -0.05) is 0 Å². The molecule has 1 fully saturated rings. The maximum absolute atomic E-state index is 4.38. The summed E-state index contributed by atoms with van der Waals surface area (Å²) in [7, 11) is 2.03. The molecule has 0 atom stereocenters. The van der Waals surface area contributed by atoms with Gasteiger partial charge < -0.3 is 14.5 Å². The molecule has 96 valence electrons. The van der Waals surface area contributed by atoms with E-state index in [4.69, 9.17) is 0 Å². The number of aromatic nitrogens is 4. The molecule has 1 saturated heterocycles. The molecule has 0 aromatic carbocycles. The van der Waals surface area contributed by atoms with Gasteiger partial charge in [0.1, 0.15) is 5.82 Å². The van der Waals surface area contributed by atoms with Crippen LogP contribution in [0.4, 0.5) is 0 Å². The minimum atomic E-state index is 0.633. The molecule has 1 N–H and O–H groups in total. The van der Waals surface area contributed by atoms with Crippen molar-refractivity contribution in [1.82, 2.24) is 24.4 Å². The first-order valence-corrected chi connectivity index (χ1v) is 6.51. The number of nitrogens with zero attached hydrogens (tertiary/aromatic N) is 4. The fourth-order valence-electron chi connectivity index (χ4n) is 2.62. The summed E-state index contributed by atoms with van der Waals surface area (Å²) in [6.07, 6.45) is 10.2. The highest BCUT2D eigenvalue weighted by Crippen LogP contribution is 2.25. The van der Waals surface area contributed by atoms with E-state index in [1.165, 1.54) is 18.5 Å². The van der Waals surface area contributed by atoms with E-state index >= 15 is 0 Å². The van der Waals surface area contributed by atoms with Gasteiger partial charge in [0, 0.05) is 37.3 Å². The average Bonchev–Trinajstić information content (AvgIpc) is 3.01. The Kier molecular flexibility index (Phi) is 3.15. The molecule has 3 heterocycles. The van der Waals surface area contributed by atoms with Crippen molar-refractivity contribution in [3.63, 3.8) is 0 Å². The van der Waals surface area contributed by atoms with Crippen LogP contribution in [0, 0.1) is 0 Å². The van der Waals surface area contributed by atoms with Gasteiger partial charge in [0.05, 0.1) is 12.9 Å². The quantitative estimate of drug-likeness (QED) is 0.882. The molecule has 1 aliphatic heterocycles. The van der Waals surface area contributed by atoms with Crippen LogP contribution < -0.4 is 5.32 Å². The van der Waals surface area contributed by atoms with Crippen LogP contribution in [-0.2, 0) is 13.6 Å². The van der Waals surface area contributed by atoms with Gasteiger partial charge in [0.15, 0.2) is 0 Å². The van der Waals surface area contributed by atoms with Gasteiger partial charge in [0.25, 0.3) is 0 Å². The van der Waals surface area contributed by atoms with E-state index in [9.17, 15) is 0 Å². The lowest BCUT2D eigenvalue weighted by molar-refractivity contribution is 0.441. The molecule has 18 heavy (non-hydrogen) atoms. The first-order chi connectivity index (χ1) is 8.84. The smallest absolute Gasteiger partial charge is 0.128 e. The minimum absolute atomic E-state index is 0.633. The van der Waals surface area contributed by atoms with Crippen molar-refractivity contribution in [2.75, 3.05) is 13.1 Å². The number of aryl methyl sites for hydroxylation is 1. The molecule has 0 aliphatic carbocycles. The molecule has 5 heteroatoms. The second kappa shape index (κ2) is 4.94. The summed E-state index contributed by atoms with van der Waals surface area (Å²) in [4.78, 5) is 8.69. The van der Waals surface area contributed by atoms with Gasteiger partial charge in [-0.05, 0) is 25.9 Å². The van der Waals surface area contributed by atoms with Crippen LogP contribution in [0.3, 0.4) is 0 Å². The van der Waals surface area contributed by atoms with Crippen LogP contribution in [0.15, 0.2) is 24.9 Å². The van der Waals surface area contributed by atoms with Crippen LogP contribution in [0.2, 0.25) is 0 Å². The number of piperidine rings is 1. The summed E-state index contributed by atoms with van der Waals surface area (Å²) in [6.45, 7) is 3.03. The molecule has 1 aliphatic rings. The summed E-state index contributed by atoms with van der Waals surface area (Å²) < 4.78 is 4.30. The molecule has 2 aromatic rings. The Morgan fingerprint density at radius 1 is 1.39 bits per heavy atom. The Bertz CT molecular complexity index is 507. The normalized spacial score (nSPS) is 17.2. The third kappa shape index (κ3) is 2.18. The zero-order chi connectivity index (χ0) is 12.4. The molecule has 5 nitrogen and oxygen atoms in total. The monoisotopic (exact) mass is 245 g/mol. The van der Waals surface area contributed by atoms with Crippen molar-refractivity contribution in [3.8, 4) is 0 Å². The lowest BCUT2D eigenvalue weighted by Crippen LogP contribution is -2.27. The molecule has 0 radical (unpaired) electrons. The number of nitrogens with one attached hydrogen (secondary N) is 1. The summed E-state index contributed by atoms with van der Waals surface area (Å²) in [6, 6.07) is 0. The molecule has 0 amide bonds. The highest BCUT2D eigenvalue weighted by Gasteiger charge is 2.19. The third-order valence-corrected chi connectivity index (χ3v) is 3.73. The van der Waals surface area contributed by atoms with E-state index in [1.54, 1.807) is 0 Å². The van der Waals surface area contributed by atoms with Gasteiger partial charge in [0.2, 0.25) is 0 Å². The number of imidazole rings is 2. The number of hydrogen-bond donors (Lipinski definition) is 1. The highest BCUT2D eigenvalue weighted by molar-refractivity contribution is 5.09. The summed E-state index contributed by atoms with van der Waals surface area (Å²) in [5.74, 6) is 1.71. The predicted molar refractivity (Wildman–Crippen MR) is 69.4 cm³/mol. The lowest BCUT2D eigenvalue weighted by Gasteiger charge is -2.23. The van der Waals surface area contributed by atoms with E-state index in [1.807, 2.05) is 32.0 Å². The maximum atomic E-state index is 4.38. The molecular weight excluding hydrogens is 226 g/mol. The Hall–Kier alpha value is -1.62. The first-order valence-electron chi connectivity index (χ1n) is 6.51. The molecular formula is C13H19N5. The zero-order valence-electron chi connectivity index (χ0n) is 10.7. The average molecular weight is 245 g/mol.